The van der Waals surface area contributed by atoms with Crippen molar-refractivity contribution in [2.45, 2.75) is 30.8 Å². The van der Waals surface area contributed by atoms with Crippen LogP contribution in [-0.2, 0) is 9.59 Å². The Morgan fingerprint density at radius 1 is 1.14 bits per heavy atom. The molecule has 4 N–H and O–H groups in total. The summed E-state index contributed by atoms with van der Waals surface area (Å²) in [6.45, 7) is 4.02. The number of rotatable bonds is 5. The predicted molar refractivity (Wildman–Crippen MR) is 129 cm³/mol. The smallest absolute Gasteiger partial charge is 0.257 e. The van der Waals surface area contributed by atoms with E-state index >= 15 is 4.39 Å². The molecule has 9 heteroatoms. The number of para-hydroxylation sites is 1. The summed E-state index contributed by atoms with van der Waals surface area (Å²) in [5.41, 5.74) is 13.5. The molecule has 5 rings (SSSR count). The zero-order valence-corrected chi connectivity index (χ0v) is 19.1. The zero-order chi connectivity index (χ0) is 24.5. The number of hydrogen-bond acceptors (Lipinski definition) is 6. The van der Waals surface area contributed by atoms with Crippen LogP contribution in [0.2, 0.25) is 0 Å². The van der Waals surface area contributed by atoms with Gasteiger partial charge in [0.1, 0.15) is 23.7 Å². The van der Waals surface area contributed by atoms with Gasteiger partial charge in [-0.25, -0.2) is 9.82 Å². The molecule has 3 heterocycles. The molecular weight excluding hydrogens is 449 g/mol. The molecule has 5 unspecified atom stereocenters. The van der Waals surface area contributed by atoms with Gasteiger partial charge >= 0.3 is 0 Å². The lowest BCUT2D eigenvalue weighted by atomic mass is 9.85. The summed E-state index contributed by atoms with van der Waals surface area (Å²) in [7, 11) is 0. The normalized spacial score (nSPS) is 28.1. The quantitative estimate of drug-likeness (QED) is 0.571. The number of carbonyl (C=O) groups is 2. The van der Waals surface area contributed by atoms with E-state index in [1.165, 1.54) is 6.08 Å². The van der Waals surface area contributed by atoms with Crippen LogP contribution in [-0.4, -0.2) is 59.1 Å². The highest BCUT2D eigenvalue weighted by molar-refractivity contribution is 5.89. The SMILES string of the molecule is C=CC(=O)N1CCC(F)C(N2C=C(c3ccc(Oc4ccccc4)cc3)C3C(N)NNC(=O)C32)C1. The van der Waals surface area contributed by atoms with E-state index in [4.69, 9.17) is 10.5 Å². The first-order chi connectivity index (χ1) is 17.0. The van der Waals surface area contributed by atoms with Crippen LogP contribution < -0.4 is 21.3 Å². The number of benzene rings is 2. The molecule has 8 nitrogen and oxygen atoms in total. The van der Waals surface area contributed by atoms with E-state index in [2.05, 4.69) is 17.4 Å². The predicted octanol–water partition coefficient (Wildman–Crippen LogP) is 2.16. The number of amides is 2. The maximum atomic E-state index is 15.2. The molecule has 0 aliphatic carbocycles. The third-order valence-corrected chi connectivity index (χ3v) is 6.86. The standard InChI is InChI=1S/C26H28FN5O3/c1-2-22(33)31-13-12-20(27)21(15-31)32-14-19(23-24(32)26(34)30-29-25(23)28)16-8-10-18(11-9-16)35-17-6-4-3-5-7-17/h2-11,14,20-21,23-25,29H,1,12-13,15,28H2,(H,30,34). The van der Waals surface area contributed by atoms with Gasteiger partial charge in [0, 0.05) is 25.2 Å². The Hall–Kier alpha value is -3.69. The first kappa shape index (κ1) is 23.1. The van der Waals surface area contributed by atoms with Crippen molar-refractivity contribution in [3.8, 4) is 11.5 Å². The summed E-state index contributed by atoms with van der Waals surface area (Å²) in [6, 6.07) is 15.6. The maximum absolute atomic E-state index is 15.2. The van der Waals surface area contributed by atoms with Crippen molar-refractivity contribution in [2.24, 2.45) is 11.7 Å². The van der Waals surface area contributed by atoms with Crippen molar-refractivity contribution in [3.63, 3.8) is 0 Å². The number of hydrazine groups is 1. The van der Waals surface area contributed by atoms with Crippen LogP contribution in [0.3, 0.4) is 0 Å². The minimum Gasteiger partial charge on any atom is -0.457 e. The van der Waals surface area contributed by atoms with Crippen LogP contribution in [0.25, 0.3) is 5.57 Å². The van der Waals surface area contributed by atoms with Gasteiger partial charge in [0.25, 0.3) is 5.91 Å². The Labute approximate surface area is 203 Å². The molecular formula is C26H28FN5O3. The van der Waals surface area contributed by atoms with Gasteiger partial charge in [-0.3, -0.25) is 15.0 Å². The molecule has 3 aliphatic rings. The van der Waals surface area contributed by atoms with Crippen LogP contribution in [0.15, 0.2) is 73.5 Å². The van der Waals surface area contributed by atoms with E-state index in [1.807, 2.05) is 60.8 Å². The Morgan fingerprint density at radius 3 is 2.57 bits per heavy atom. The van der Waals surface area contributed by atoms with Gasteiger partial charge in [-0.05, 0) is 47.9 Å². The summed E-state index contributed by atoms with van der Waals surface area (Å²) in [5, 5.41) is 0. The number of nitrogens with two attached hydrogens (primary N) is 1. The molecule has 0 bridgehead atoms. The van der Waals surface area contributed by atoms with Crippen molar-refractivity contribution < 1.29 is 18.7 Å². The van der Waals surface area contributed by atoms with E-state index in [9.17, 15) is 9.59 Å². The highest BCUT2D eigenvalue weighted by Crippen LogP contribution is 2.41. The molecule has 2 amide bonds. The van der Waals surface area contributed by atoms with Gasteiger partial charge in [0.05, 0.1) is 12.2 Å². The van der Waals surface area contributed by atoms with Crippen LogP contribution >= 0.6 is 0 Å². The third kappa shape index (κ3) is 4.40. The summed E-state index contributed by atoms with van der Waals surface area (Å²) in [4.78, 5) is 28.5. The molecule has 35 heavy (non-hydrogen) atoms. The number of nitrogens with zero attached hydrogens (tertiary/aromatic N) is 2. The van der Waals surface area contributed by atoms with Crippen molar-refractivity contribution in [1.29, 1.82) is 0 Å². The fourth-order valence-corrected chi connectivity index (χ4v) is 5.11. The van der Waals surface area contributed by atoms with Gasteiger partial charge < -0.3 is 20.3 Å². The summed E-state index contributed by atoms with van der Waals surface area (Å²) in [6.07, 6.45) is 1.49. The largest absolute Gasteiger partial charge is 0.457 e. The van der Waals surface area contributed by atoms with Crippen LogP contribution in [0.5, 0.6) is 11.5 Å². The van der Waals surface area contributed by atoms with Gasteiger partial charge in [-0.1, -0.05) is 36.9 Å². The Kier molecular flexibility index (Phi) is 6.27. The lowest BCUT2D eigenvalue weighted by Gasteiger charge is -2.44. The summed E-state index contributed by atoms with van der Waals surface area (Å²) < 4.78 is 21.1. The van der Waals surface area contributed by atoms with Crippen molar-refractivity contribution >= 4 is 17.4 Å². The van der Waals surface area contributed by atoms with Crippen molar-refractivity contribution in [1.82, 2.24) is 20.7 Å². The number of halogens is 1. The number of hydrogen-bond donors (Lipinski definition) is 3. The number of fused-ring (bicyclic) bond motifs is 1. The molecule has 5 atom stereocenters. The van der Waals surface area contributed by atoms with Crippen LogP contribution in [0.4, 0.5) is 4.39 Å². The summed E-state index contributed by atoms with van der Waals surface area (Å²) >= 11 is 0. The monoisotopic (exact) mass is 477 g/mol. The Bertz CT molecular complexity index is 1140. The maximum Gasteiger partial charge on any atom is 0.257 e. The zero-order valence-electron chi connectivity index (χ0n) is 19.1. The Morgan fingerprint density at radius 2 is 1.86 bits per heavy atom. The minimum absolute atomic E-state index is 0.165. The number of alkyl halides is 1. The summed E-state index contributed by atoms with van der Waals surface area (Å²) in [5.74, 6) is 0.466. The molecule has 0 spiro atoms. The lowest BCUT2D eigenvalue weighted by molar-refractivity contribution is -0.134. The first-order valence-electron chi connectivity index (χ1n) is 11.6. The van der Waals surface area contributed by atoms with E-state index in [0.29, 0.717) is 12.3 Å². The number of likely N-dealkylation sites (tertiary alicyclic amines) is 1. The molecule has 2 fully saturated rings. The average molecular weight is 478 g/mol. The molecule has 0 aromatic heterocycles. The van der Waals surface area contributed by atoms with Crippen LogP contribution in [0.1, 0.15) is 12.0 Å². The number of piperidine rings is 1. The molecule has 182 valence electrons. The van der Waals surface area contributed by atoms with E-state index in [-0.39, 0.29) is 24.8 Å². The first-order valence-corrected chi connectivity index (χ1v) is 11.6. The van der Waals surface area contributed by atoms with Crippen molar-refractivity contribution in [3.05, 3.63) is 79.0 Å². The van der Waals surface area contributed by atoms with E-state index in [1.54, 1.807) is 9.80 Å². The van der Waals surface area contributed by atoms with E-state index in [0.717, 1.165) is 16.9 Å². The minimum atomic E-state index is -1.19. The average Bonchev–Trinajstić information content (AvgIpc) is 3.29. The number of nitrogens with one attached hydrogen (secondary N) is 2. The highest BCUT2D eigenvalue weighted by Gasteiger charge is 2.50. The van der Waals surface area contributed by atoms with Crippen molar-refractivity contribution in [2.75, 3.05) is 13.1 Å². The van der Waals surface area contributed by atoms with Gasteiger partial charge in [0.15, 0.2) is 0 Å². The lowest BCUT2D eigenvalue weighted by Crippen LogP contribution is -2.68. The van der Waals surface area contributed by atoms with Gasteiger partial charge in [0.2, 0.25) is 5.91 Å². The second kappa shape index (κ2) is 9.52. The van der Waals surface area contributed by atoms with E-state index < -0.39 is 30.3 Å². The molecule has 0 saturated carbocycles. The van der Waals surface area contributed by atoms with Gasteiger partial charge in [-0.15, -0.1) is 0 Å². The molecule has 2 aromatic rings. The molecule has 2 aromatic carbocycles. The topological polar surface area (TPSA) is 99.9 Å². The third-order valence-electron chi connectivity index (χ3n) is 6.86. The molecule has 3 aliphatic heterocycles. The fraction of sp³-hybridized carbons (Fsp3) is 0.308. The number of carbonyl (C=O) groups excluding carboxylic acids is 2. The number of ether oxygens (including phenoxy) is 1. The molecule has 2 saturated heterocycles. The highest BCUT2D eigenvalue weighted by atomic mass is 19.1. The van der Waals surface area contributed by atoms with Crippen LogP contribution in [0, 0.1) is 5.92 Å². The second-order valence-corrected chi connectivity index (χ2v) is 8.96. The Balaban J connectivity index is 1.45. The fourth-order valence-electron chi connectivity index (χ4n) is 5.11. The second-order valence-electron chi connectivity index (χ2n) is 8.96. The van der Waals surface area contributed by atoms with Gasteiger partial charge in [-0.2, -0.15) is 0 Å². The molecule has 0 radical (unpaired) electrons.